The Morgan fingerprint density at radius 3 is 2.62 bits per heavy atom. The van der Waals surface area contributed by atoms with E-state index in [0.717, 1.165) is 0 Å². The Balaban J connectivity index is 1.76. The molecule has 29 heavy (non-hydrogen) atoms. The molecule has 3 rings (SSSR count). The lowest BCUT2D eigenvalue weighted by atomic mass is 10.1. The molecule has 1 heterocycles. The predicted molar refractivity (Wildman–Crippen MR) is 106 cm³/mol. The van der Waals surface area contributed by atoms with Crippen molar-refractivity contribution in [3.63, 3.8) is 0 Å². The van der Waals surface area contributed by atoms with Crippen molar-refractivity contribution in [2.24, 2.45) is 0 Å². The highest BCUT2D eigenvalue weighted by atomic mass is 16.6. The van der Waals surface area contributed by atoms with Crippen molar-refractivity contribution in [2.75, 3.05) is 27.4 Å². The van der Waals surface area contributed by atoms with Crippen LogP contribution in [0.4, 0.5) is 0 Å². The number of rotatable bonds is 8. The Hall–Kier alpha value is -3.74. The first-order valence-electron chi connectivity index (χ1n) is 8.75. The van der Waals surface area contributed by atoms with Crippen molar-refractivity contribution in [2.45, 2.75) is 0 Å². The van der Waals surface area contributed by atoms with Crippen LogP contribution in [0.3, 0.4) is 0 Å². The number of esters is 1. The molecule has 0 aromatic heterocycles. The second-order valence-corrected chi connectivity index (χ2v) is 5.97. The van der Waals surface area contributed by atoms with Crippen molar-refractivity contribution >= 4 is 17.8 Å². The van der Waals surface area contributed by atoms with Gasteiger partial charge >= 0.3 is 5.97 Å². The lowest BCUT2D eigenvalue weighted by Crippen LogP contribution is -2.14. The molecule has 0 atom stereocenters. The van der Waals surface area contributed by atoms with E-state index in [0.29, 0.717) is 34.1 Å². The van der Waals surface area contributed by atoms with Gasteiger partial charge in [-0.1, -0.05) is 12.7 Å². The molecule has 150 valence electrons. The molecule has 0 saturated carbocycles. The van der Waals surface area contributed by atoms with E-state index in [4.69, 9.17) is 23.7 Å². The van der Waals surface area contributed by atoms with Gasteiger partial charge in [-0.15, -0.1) is 0 Å². The number of fused-ring (bicyclic) bond motifs is 1. The van der Waals surface area contributed by atoms with Gasteiger partial charge in [0.05, 0.1) is 19.8 Å². The minimum Gasteiger partial charge on any atom is -0.497 e. The summed E-state index contributed by atoms with van der Waals surface area (Å²) in [5.74, 6) is 1.31. The zero-order valence-corrected chi connectivity index (χ0v) is 16.1. The first-order chi connectivity index (χ1) is 14.0. The van der Waals surface area contributed by atoms with Crippen molar-refractivity contribution in [1.29, 1.82) is 0 Å². The van der Waals surface area contributed by atoms with Crippen LogP contribution in [0.5, 0.6) is 23.0 Å². The van der Waals surface area contributed by atoms with Gasteiger partial charge in [0.2, 0.25) is 5.78 Å². The average molecular weight is 396 g/mol. The third kappa shape index (κ3) is 4.57. The molecule has 0 aliphatic carbocycles. The Kier molecular flexibility index (Phi) is 6.19. The van der Waals surface area contributed by atoms with E-state index in [2.05, 4.69) is 6.58 Å². The molecule has 0 amide bonds. The number of ether oxygens (including phenoxy) is 5. The van der Waals surface area contributed by atoms with Crippen molar-refractivity contribution < 1.29 is 33.3 Å². The molecule has 0 unspecified atom stereocenters. The summed E-state index contributed by atoms with van der Waals surface area (Å²) in [4.78, 5) is 24.1. The Morgan fingerprint density at radius 2 is 1.90 bits per heavy atom. The highest BCUT2D eigenvalue weighted by Crippen LogP contribution is 2.36. The van der Waals surface area contributed by atoms with E-state index in [1.807, 2.05) is 0 Å². The SMILES string of the molecule is C=CCOC(=O)COc1ccc2c(c1)OC(=Cc1ccc(OC)cc1OC)C2=O. The molecule has 0 bridgehead atoms. The molecule has 7 nitrogen and oxygen atoms in total. The maximum atomic E-state index is 12.6. The Bertz CT molecular complexity index is 975. The summed E-state index contributed by atoms with van der Waals surface area (Å²) in [7, 11) is 3.10. The van der Waals surface area contributed by atoms with Crippen molar-refractivity contribution in [1.82, 2.24) is 0 Å². The van der Waals surface area contributed by atoms with Crippen LogP contribution in [0, 0.1) is 0 Å². The van der Waals surface area contributed by atoms with E-state index in [1.165, 1.54) is 13.2 Å². The number of carbonyl (C=O) groups is 2. The fourth-order valence-corrected chi connectivity index (χ4v) is 2.67. The Morgan fingerprint density at radius 1 is 1.10 bits per heavy atom. The van der Waals surface area contributed by atoms with E-state index in [1.54, 1.807) is 49.6 Å². The lowest BCUT2D eigenvalue weighted by molar-refractivity contribution is -0.144. The summed E-state index contributed by atoms with van der Waals surface area (Å²) in [6.07, 6.45) is 3.08. The molecule has 1 aliphatic rings. The molecule has 0 spiro atoms. The molecule has 2 aromatic carbocycles. The lowest BCUT2D eigenvalue weighted by Gasteiger charge is -2.08. The van der Waals surface area contributed by atoms with Gasteiger partial charge in [0.25, 0.3) is 0 Å². The fourth-order valence-electron chi connectivity index (χ4n) is 2.67. The highest BCUT2D eigenvalue weighted by Gasteiger charge is 2.28. The summed E-state index contributed by atoms with van der Waals surface area (Å²) in [6, 6.07) is 10.00. The molecule has 0 radical (unpaired) electrons. The van der Waals surface area contributed by atoms with Gasteiger partial charge in [-0.05, 0) is 30.3 Å². The number of carbonyl (C=O) groups excluding carboxylic acids is 2. The van der Waals surface area contributed by atoms with Gasteiger partial charge in [0.1, 0.15) is 29.6 Å². The topological polar surface area (TPSA) is 80.3 Å². The van der Waals surface area contributed by atoms with Gasteiger partial charge in [-0.25, -0.2) is 4.79 Å². The molecule has 7 heteroatoms. The molecular weight excluding hydrogens is 376 g/mol. The van der Waals surface area contributed by atoms with Crippen LogP contribution in [0.25, 0.3) is 6.08 Å². The fraction of sp³-hybridized carbons (Fsp3) is 0.182. The molecule has 2 aromatic rings. The van der Waals surface area contributed by atoms with E-state index < -0.39 is 5.97 Å². The number of hydrogen-bond donors (Lipinski definition) is 0. The maximum Gasteiger partial charge on any atom is 0.344 e. The van der Waals surface area contributed by atoms with Crippen LogP contribution in [-0.4, -0.2) is 39.2 Å². The number of allylic oxidation sites excluding steroid dienone is 1. The van der Waals surface area contributed by atoms with E-state index in [9.17, 15) is 9.59 Å². The van der Waals surface area contributed by atoms with Crippen LogP contribution >= 0.6 is 0 Å². The number of benzene rings is 2. The monoisotopic (exact) mass is 396 g/mol. The second kappa shape index (κ2) is 8.97. The van der Waals surface area contributed by atoms with Crippen LogP contribution in [0.1, 0.15) is 15.9 Å². The molecular formula is C22H20O7. The van der Waals surface area contributed by atoms with Gasteiger partial charge in [-0.2, -0.15) is 0 Å². The number of hydrogen-bond acceptors (Lipinski definition) is 7. The van der Waals surface area contributed by atoms with Crippen LogP contribution in [-0.2, 0) is 9.53 Å². The van der Waals surface area contributed by atoms with Crippen LogP contribution in [0.2, 0.25) is 0 Å². The predicted octanol–water partition coefficient (Wildman–Crippen LogP) is 3.43. The van der Waals surface area contributed by atoms with Gasteiger partial charge in [-0.3, -0.25) is 4.79 Å². The summed E-state index contributed by atoms with van der Waals surface area (Å²) in [6.45, 7) is 3.33. The first kappa shape index (κ1) is 20.0. The number of Topliss-reactive ketones (excluding diaryl/α,β-unsaturated/α-hetero) is 1. The highest BCUT2D eigenvalue weighted by molar-refractivity contribution is 6.14. The largest absolute Gasteiger partial charge is 0.497 e. The third-order valence-corrected chi connectivity index (χ3v) is 4.09. The minimum atomic E-state index is -0.519. The summed E-state index contributed by atoms with van der Waals surface area (Å²) in [5, 5.41) is 0. The minimum absolute atomic E-state index is 0.118. The van der Waals surface area contributed by atoms with Gasteiger partial charge < -0.3 is 23.7 Å². The number of ketones is 1. The molecule has 0 N–H and O–H groups in total. The van der Waals surface area contributed by atoms with Gasteiger partial charge in [0, 0.05) is 17.7 Å². The van der Waals surface area contributed by atoms with E-state index in [-0.39, 0.29) is 24.8 Å². The number of methoxy groups -OCH3 is 2. The van der Waals surface area contributed by atoms with E-state index >= 15 is 0 Å². The summed E-state index contributed by atoms with van der Waals surface area (Å²) in [5.41, 5.74) is 1.08. The average Bonchev–Trinajstić information content (AvgIpc) is 3.05. The standard InChI is InChI=1S/C22H20O7/c1-4-9-27-21(23)13-28-16-7-8-17-19(12-16)29-20(22(17)24)10-14-5-6-15(25-2)11-18(14)26-3/h4-8,10-12H,1,9,13H2,2-3H3. The zero-order chi connectivity index (χ0) is 20.8. The van der Waals surface area contributed by atoms with Crippen LogP contribution in [0.15, 0.2) is 54.8 Å². The molecule has 0 saturated heterocycles. The van der Waals surface area contributed by atoms with Crippen LogP contribution < -0.4 is 18.9 Å². The zero-order valence-electron chi connectivity index (χ0n) is 16.1. The normalized spacial score (nSPS) is 13.4. The van der Waals surface area contributed by atoms with Crippen molar-refractivity contribution in [3.8, 4) is 23.0 Å². The quantitative estimate of drug-likeness (QED) is 0.384. The summed E-state index contributed by atoms with van der Waals surface area (Å²) >= 11 is 0. The Labute approximate surface area is 168 Å². The van der Waals surface area contributed by atoms with Gasteiger partial charge in [0.15, 0.2) is 12.4 Å². The second-order valence-electron chi connectivity index (χ2n) is 5.97. The maximum absolute atomic E-state index is 12.6. The summed E-state index contributed by atoms with van der Waals surface area (Å²) < 4.78 is 26.5. The molecule has 0 fully saturated rings. The smallest absolute Gasteiger partial charge is 0.344 e. The molecule has 1 aliphatic heterocycles. The third-order valence-electron chi connectivity index (χ3n) is 4.09. The first-order valence-corrected chi connectivity index (χ1v) is 8.75. The van der Waals surface area contributed by atoms with Crippen molar-refractivity contribution in [3.05, 3.63) is 65.9 Å².